The molecule has 0 aliphatic carbocycles. The number of halogens is 4. The highest BCUT2D eigenvalue weighted by Gasteiger charge is 2.39. The Morgan fingerprint density at radius 1 is 0.955 bits per heavy atom. The second kappa shape index (κ2) is 4.88. The zero-order chi connectivity index (χ0) is 16.1. The lowest BCUT2D eigenvalue weighted by molar-refractivity contribution is -0.0885. The molecule has 22 heavy (non-hydrogen) atoms. The van der Waals surface area contributed by atoms with Crippen molar-refractivity contribution in [3.63, 3.8) is 0 Å². The minimum Gasteiger partial charge on any atom is -0.289 e. The van der Waals surface area contributed by atoms with Gasteiger partial charge in [0.25, 0.3) is 5.78 Å². The Morgan fingerprint density at radius 3 is 2.36 bits per heavy atom. The van der Waals surface area contributed by atoms with E-state index in [-0.39, 0.29) is 10.8 Å². The molecular formula is C15H6F4O2S. The van der Waals surface area contributed by atoms with Crippen molar-refractivity contribution >= 4 is 37.3 Å². The van der Waals surface area contributed by atoms with Gasteiger partial charge in [0.1, 0.15) is 5.82 Å². The maximum absolute atomic E-state index is 13.2. The van der Waals surface area contributed by atoms with Gasteiger partial charge < -0.3 is 0 Å². The van der Waals surface area contributed by atoms with Crippen LogP contribution in [0.25, 0.3) is 20.2 Å². The Kier molecular flexibility index (Phi) is 3.25. The van der Waals surface area contributed by atoms with E-state index >= 15 is 0 Å². The predicted octanol–water partition coefficient (Wildman–Crippen LogP) is 4.30. The van der Waals surface area contributed by atoms with Crippen LogP contribution in [0, 0.1) is 5.82 Å². The normalized spacial score (nSPS) is 12.0. The van der Waals surface area contributed by atoms with Crippen molar-refractivity contribution in [2.45, 2.75) is 6.18 Å². The van der Waals surface area contributed by atoms with Gasteiger partial charge in [0.2, 0.25) is 0 Å². The Morgan fingerprint density at radius 2 is 1.68 bits per heavy atom. The average molecular weight is 326 g/mol. The van der Waals surface area contributed by atoms with Crippen LogP contribution in [0.15, 0.2) is 41.2 Å². The molecule has 2 aromatic carbocycles. The van der Waals surface area contributed by atoms with Crippen LogP contribution in [0.3, 0.4) is 0 Å². The molecule has 0 radical (unpaired) electrons. The highest BCUT2D eigenvalue weighted by molar-refractivity contribution is 7.24. The van der Waals surface area contributed by atoms with Gasteiger partial charge in [0, 0.05) is 25.7 Å². The number of fused-ring (bicyclic) bond motifs is 2. The molecule has 2 nitrogen and oxygen atoms in total. The number of hydrogen-bond donors (Lipinski definition) is 0. The standard InChI is InChI=1S/C15H6F4O2S/c16-8-2-3-9-12(6-8)22-11-4-1-7(5-10(11)13(9)20)14(21)15(17,18)19/h1-6H. The van der Waals surface area contributed by atoms with Crippen LogP contribution in [0.2, 0.25) is 0 Å². The van der Waals surface area contributed by atoms with Crippen LogP contribution in [-0.2, 0) is 0 Å². The summed E-state index contributed by atoms with van der Waals surface area (Å²) in [6, 6.07) is 6.79. The highest BCUT2D eigenvalue weighted by atomic mass is 32.1. The molecule has 3 aromatic rings. The van der Waals surface area contributed by atoms with E-state index in [0.717, 1.165) is 29.5 Å². The summed E-state index contributed by atoms with van der Waals surface area (Å²) in [7, 11) is 0. The van der Waals surface area contributed by atoms with Crippen LogP contribution < -0.4 is 5.43 Å². The summed E-state index contributed by atoms with van der Waals surface area (Å²) in [6.07, 6.45) is -5.00. The molecule has 0 spiro atoms. The fraction of sp³-hybridized carbons (Fsp3) is 0.0667. The van der Waals surface area contributed by atoms with Crippen molar-refractivity contribution in [2.24, 2.45) is 0 Å². The van der Waals surface area contributed by atoms with E-state index in [1.54, 1.807) is 0 Å². The van der Waals surface area contributed by atoms with E-state index in [9.17, 15) is 27.2 Å². The molecule has 112 valence electrons. The molecule has 0 fully saturated rings. The number of Topliss-reactive ketones (excluding diaryl/α,β-unsaturated/α-hetero) is 1. The molecule has 0 N–H and O–H groups in total. The Labute approximate surface area is 124 Å². The molecule has 0 aliphatic heterocycles. The third-order valence-corrected chi connectivity index (χ3v) is 4.29. The maximum Gasteiger partial charge on any atom is 0.454 e. The van der Waals surface area contributed by atoms with Crippen molar-refractivity contribution in [3.05, 3.63) is 58.0 Å². The van der Waals surface area contributed by atoms with Crippen molar-refractivity contribution in [2.75, 3.05) is 0 Å². The quantitative estimate of drug-likeness (QED) is 0.380. The molecule has 3 rings (SSSR count). The number of benzene rings is 2. The van der Waals surface area contributed by atoms with E-state index < -0.39 is 28.8 Å². The Balaban J connectivity index is 2.31. The molecule has 0 unspecified atom stereocenters. The van der Waals surface area contributed by atoms with Crippen molar-refractivity contribution < 1.29 is 22.4 Å². The number of ketones is 1. The molecule has 0 saturated heterocycles. The van der Waals surface area contributed by atoms with Gasteiger partial charge >= 0.3 is 6.18 Å². The SMILES string of the molecule is O=C(c1ccc2sc3cc(F)ccc3c(=O)c2c1)C(F)(F)F. The van der Waals surface area contributed by atoms with Gasteiger partial charge in [-0.1, -0.05) is 0 Å². The van der Waals surface area contributed by atoms with Crippen molar-refractivity contribution in [1.82, 2.24) is 0 Å². The molecule has 0 aliphatic rings. The molecule has 0 amide bonds. The number of alkyl halides is 3. The topological polar surface area (TPSA) is 34.1 Å². The number of carbonyl (C=O) groups excluding carboxylic acids is 1. The fourth-order valence-electron chi connectivity index (χ4n) is 2.13. The first kappa shape index (κ1) is 14.6. The van der Waals surface area contributed by atoms with Crippen LogP contribution in [0.1, 0.15) is 10.4 Å². The second-order valence-corrected chi connectivity index (χ2v) is 5.69. The van der Waals surface area contributed by atoms with Crippen molar-refractivity contribution in [1.29, 1.82) is 0 Å². The van der Waals surface area contributed by atoms with E-state index in [4.69, 9.17) is 0 Å². The average Bonchev–Trinajstić information content (AvgIpc) is 2.45. The largest absolute Gasteiger partial charge is 0.454 e. The number of hydrogen-bond acceptors (Lipinski definition) is 3. The van der Waals surface area contributed by atoms with Gasteiger partial charge in [0.15, 0.2) is 5.43 Å². The summed E-state index contributed by atoms with van der Waals surface area (Å²) < 4.78 is 51.4. The second-order valence-electron chi connectivity index (χ2n) is 4.61. The monoisotopic (exact) mass is 326 g/mol. The zero-order valence-electron chi connectivity index (χ0n) is 10.7. The van der Waals surface area contributed by atoms with Gasteiger partial charge in [0.05, 0.1) is 0 Å². The third-order valence-electron chi connectivity index (χ3n) is 3.15. The lowest BCUT2D eigenvalue weighted by Gasteiger charge is -2.06. The first-order chi connectivity index (χ1) is 10.3. The molecular weight excluding hydrogens is 320 g/mol. The summed E-state index contributed by atoms with van der Waals surface area (Å²) in [6.45, 7) is 0. The van der Waals surface area contributed by atoms with Crippen LogP contribution >= 0.6 is 11.3 Å². The van der Waals surface area contributed by atoms with Crippen LogP contribution in [0.5, 0.6) is 0 Å². The fourth-order valence-corrected chi connectivity index (χ4v) is 3.21. The Bertz CT molecular complexity index is 973. The summed E-state index contributed by atoms with van der Waals surface area (Å²) in [5, 5.41) is 0.217. The molecule has 0 saturated carbocycles. The number of rotatable bonds is 1. The summed E-state index contributed by atoms with van der Waals surface area (Å²) in [5.41, 5.74) is -1.12. The van der Waals surface area contributed by atoms with E-state index in [1.807, 2.05) is 0 Å². The predicted molar refractivity (Wildman–Crippen MR) is 75.9 cm³/mol. The minimum atomic E-state index is -5.00. The molecule has 1 aromatic heterocycles. The van der Waals surface area contributed by atoms with E-state index in [1.165, 1.54) is 18.2 Å². The minimum absolute atomic E-state index is 0.0132. The first-order valence-electron chi connectivity index (χ1n) is 6.05. The van der Waals surface area contributed by atoms with Gasteiger partial charge in [-0.05, 0) is 36.4 Å². The molecule has 0 bridgehead atoms. The molecule has 7 heteroatoms. The smallest absolute Gasteiger partial charge is 0.289 e. The lowest BCUT2D eigenvalue weighted by Crippen LogP contribution is -2.22. The van der Waals surface area contributed by atoms with Crippen LogP contribution in [0.4, 0.5) is 17.6 Å². The first-order valence-corrected chi connectivity index (χ1v) is 6.86. The van der Waals surface area contributed by atoms with Gasteiger partial charge in [-0.3, -0.25) is 9.59 Å². The van der Waals surface area contributed by atoms with Crippen LogP contribution in [-0.4, -0.2) is 12.0 Å². The zero-order valence-corrected chi connectivity index (χ0v) is 11.5. The van der Waals surface area contributed by atoms with Gasteiger partial charge in [-0.25, -0.2) is 4.39 Å². The number of carbonyl (C=O) groups is 1. The summed E-state index contributed by atoms with van der Waals surface area (Å²) in [4.78, 5) is 23.6. The molecule has 1 heterocycles. The van der Waals surface area contributed by atoms with Crippen molar-refractivity contribution in [3.8, 4) is 0 Å². The lowest BCUT2D eigenvalue weighted by atomic mass is 10.1. The molecule has 0 atom stereocenters. The third kappa shape index (κ3) is 2.37. The van der Waals surface area contributed by atoms with Gasteiger partial charge in [-0.2, -0.15) is 13.2 Å². The van der Waals surface area contributed by atoms with E-state index in [2.05, 4.69) is 0 Å². The maximum atomic E-state index is 13.2. The van der Waals surface area contributed by atoms with Gasteiger partial charge in [-0.15, -0.1) is 11.3 Å². The highest BCUT2D eigenvalue weighted by Crippen LogP contribution is 2.28. The van der Waals surface area contributed by atoms with E-state index in [0.29, 0.717) is 9.40 Å². The summed E-state index contributed by atoms with van der Waals surface area (Å²) >= 11 is 1.07. The summed E-state index contributed by atoms with van der Waals surface area (Å²) in [5.74, 6) is -2.51. The Hall–Kier alpha value is -2.28.